The molecule has 8 heteroatoms. The second-order valence-electron chi connectivity index (χ2n) is 5.24. The minimum atomic E-state index is -1.84. The van der Waals surface area contributed by atoms with E-state index in [1.54, 1.807) is 19.1 Å². The molecule has 1 aromatic heterocycles. The zero-order valence-electron chi connectivity index (χ0n) is 13.2. The van der Waals surface area contributed by atoms with Gasteiger partial charge in [0.1, 0.15) is 0 Å². The standard InChI is InChI=1S/C17H13N3O5/c1-2-25-16(22)15(21)17(8-4-10-19-17)14-11-5-3-9-18-12(11)6-7-13(14)20(23)24/h3-10H,2H2,1H3. The lowest BCUT2D eigenvalue weighted by Crippen LogP contribution is -2.38. The number of nitro groups is 1. The highest BCUT2D eigenvalue weighted by Crippen LogP contribution is 2.41. The van der Waals surface area contributed by atoms with E-state index >= 15 is 0 Å². The fraction of sp³-hybridized carbons (Fsp3) is 0.176. The highest BCUT2D eigenvalue weighted by molar-refractivity contribution is 6.39. The number of carbonyl (C=O) groups is 2. The number of ether oxygens (including phenoxy) is 1. The number of carbonyl (C=O) groups excluding carboxylic acids is 2. The Kier molecular flexibility index (Phi) is 4.10. The maximum Gasteiger partial charge on any atom is 0.378 e. The van der Waals surface area contributed by atoms with Crippen molar-refractivity contribution >= 4 is 34.6 Å². The number of hydrogen-bond donors (Lipinski definition) is 0. The first kappa shape index (κ1) is 16.4. The number of ketones is 1. The number of pyridine rings is 1. The van der Waals surface area contributed by atoms with Crippen LogP contribution in [-0.4, -0.2) is 34.5 Å². The van der Waals surface area contributed by atoms with Crippen LogP contribution >= 0.6 is 0 Å². The molecule has 1 unspecified atom stereocenters. The minimum Gasteiger partial charge on any atom is -0.460 e. The molecule has 0 saturated carbocycles. The predicted octanol–water partition coefficient (Wildman–Crippen LogP) is 2.11. The van der Waals surface area contributed by atoms with Crippen molar-refractivity contribution in [3.05, 3.63) is 58.3 Å². The van der Waals surface area contributed by atoms with Gasteiger partial charge in [-0.3, -0.25) is 24.9 Å². The van der Waals surface area contributed by atoms with Crippen LogP contribution in [0, 0.1) is 10.1 Å². The van der Waals surface area contributed by atoms with Gasteiger partial charge in [-0.1, -0.05) is 6.07 Å². The summed E-state index contributed by atoms with van der Waals surface area (Å²) in [6.45, 7) is 1.57. The summed E-state index contributed by atoms with van der Waals surface area (Å²) in [5.74, 6) is -2.08. The molecule has 1 aliphatic heterocycles. The quantitative estimate of drug-likeness (QED) is 0.357. The number of aliphatic imine (C=N–C) groups is 1. The zero-order valence-corrected chi connectivity index (χ0v) is 13.2. The Morgan fingerprint density at radius 1 is 1.32 bits per heavy atom. The average Bonchev–Trinajstić information content (AvgIpc) is 3.10. The first-order chi connectivity index (χ1) is 12.0. The van der Waals surface area contributed by atoms with Gasteiger partial charge in [-0.25, -0.2) is 4.79 Å². The molecule has 0 bridgehead atoms. The highest BCUT2D eigenvalue weighted by Gasteiger charge is 2.48. The summed E-state index contributed by atoms with van der Waals surface area (Å²) in [5.41, 5.74) is -1.69. The van der Waals surface area contributed by atoms with Gasteiger partial charge in [0.15, 0.2) is 5.54 Å². The summed E-state index contributed by atoms with van der Waals surface area (Å²) in [5, 5.41) is 11.9. The fourth-order valence-electron chi connectivity index (χ4n) is 2.83. The van der Waals surface area contributed by atoms with Gasteiger partial charge in [0.2, 0.25) is 0 Å². The molecular formula is C17H13N3O5. The lowest BCUT2D eigenvalue weighted by atomic mass is 9.83. The van der Waals surface area contributed by atoms with Crippen molar-refractivity contribution in [3.8, 4) is 0 Å². The highest BCUT2D eigenvalue weighted by atomic mass is 16.6. The summed E-state index contributed by atoms with van der Waals surface area (Å²) < 4.78 is 4.79. The Labute approximate surface area is 142 Å². The van der Waals surface area contributed by atoms with E-state index in [-0.39, 0.29) is 17.9 Å². The fourth-order valence-corrected chi connectivity index (χ4v) is 2.83. The summed E-state index contributed by atoms with van der Waals surface area (Å²) in [4.78, 5) is 44.1. The molecule has 0 spiro atoms. The Balaban J connectivity index is 2.35. The van der Waals surface area contributed by atoms with E-state index in [9.17, 15) is 19.7 Å². The molecule has 0 aliphatic carbocycles. The Morgan fingerprint density at radius 2 is 2.12 bits per heavy atom. The maximum absolute atomic E-state index is 12.8. The van der Waals surface area contributed by atoms with Crippen molar-refractivity contribution in [2.24, 2.45) is 4.99 Å². The van der Waals surface area contributed by atoms with Crippen LogP contribution in [0.1, 0.15) is 12.5 Å². The van der Waals surface area contributed by atoms with Gasteiger partial charge in [-0.15, -0.1) is 0 Å². The molecule has 3 rings (SSSR count). The van der Waals surface area contributed by atoms with E-state index in [2.05, 4.69) is 9.98 Å². The minimum absolute atomic E-state index is 0.00570. The number of esters is 1. The number of rotatable bonds is 5. The van der Waals surface area contributed by atoms with Crippen LogP contribution in [0.4, 0.5) is 5.69 Å². The molecule has 0 amide bonds. The van der Waals surface area contributed by atoms with E-state index in [1.165, 1.54) is 36.7 Å². The first-order valence-corrected chi connectivity index (χ1v) is 7.48. The Morgan fingerprint density at radius 3 is 2.76 bits per heavy atom. The molecule has 1 aliphatic rings. The van der Waals surface area contributed by atoms with Crippen LogP contribution in [0.3, 0.4) is 0 Å². The molecule has 1 atom stereocenters. The topological polar surface area (TPSA) is 112 Å². The zero-order chi connectivity index (χ0) is 18.0. The van der Waals surface area contributed by atoms with Crippen molar-refractivity contribution in [3.63, 3.8) is 0 Å². The summed E-state index contributed by atoms with van der Waals surface area (Å²) in [6.07, 6.45) is 5.69. The van der Waals surface area contributed by atoms with Gasteiger partial charge in [-0.05, 0) is 31.2 Å². The van der Waals surface area contributed by atoms with Crippen LogP contribution in [0.2, 0.25) is 0 Å². The smallest absolute Gasteiger partial charge is 0.378 e. The largest absolute Gasteiger partial charge is 0.460 e. The molecular weight excluding hydrogens is 326 g/mol. The number of allylic oxidation sites excluding steroid dienone is 1. The SMILES string of the molecule is CCOC(=O)C(=O)C1(c2c([N+](=O)[O-])ccc3ncccc23)C=CC=N1. The maximum atomic E-state index is 12.8. The number of hydrogen-bond acceptors (Lipinski definition) is 7. The van der Waals surface area contributed by atoms with E-state index in [1.807, 2.05) is 0 Å². The Hall–Kier alpha value is -3.42. The summed E-state index contributed by atoms with van der Waals surface area (Å²) >= 11 is 0. The molecule has 8 nitrogen and oxygen atoms in total. The van der Waals surface area contributed by atoms with Gasteiger partial charge in [0.05, 0.1) is 22.6 Å². The lowest BCUT2D eigenvalue weighted by molar-refractivity contribution is -0.385. The first-order valence-electron chi connectivity index (χ1n) is 7.48. The van der Waals surface area contributed by atoms with Gasteiger partial charge < -0.3 is 4.74 Å². The average molecular weight is 339 g/mol. The molecule has 126 valence electrons. The third kappa shape index (κ3) is 2.57. The van der Waals surface area contributed by atoms with Crippen molar-refractivity contribution in [2.45, 2.75) is 12.5 Å². The lowest BCUT2D eigenvalue weighted by Gasteiger charge is -2.23. The van der Waals surface area contributed by atoms with Gasteiger partial charge in [-0.2, -0.15) is 0 Å². The Bertz CT molecular complexity index is 936. The predicted molar refractivity (Wildman–Crippen MR) is 89.3 cm³/mol. The van der Waals surface area contributed by atoms with Crippen molar-refractivity contribution in [1.82, 2.24) is 4.98 Å². The third-order valence-corrected chi connectivity index (χ3v) is 3.85. The van der Waals surface area contributed by atoms with Crippen molar-refractivity contribution < 1.29 is 19.2 Å². The number of nitrogens with zero attached hydrogens (tertiary/aromatic N) is 3. The summed E-state index contributed by atoms with van der Waals surface area (Å²) in [6, 6.07) is 5.95. The van der Waals surface area contributed by atoms with Crippen LogP contribution in [0.5, 0.6) is 0 Å². The van der Waals surface area contributed by atoms with E-state index < -0.39 is 22.2 Å². The van der Waals surface area contributed by atoms with Crippen LogP contribution < -0.4 is 0 Å². The van der Waals surface area contributed by atoms with E-state index in [0.29, 0.717) is 10.9 Å². The van der Waals surface area contributed by atoms with Crippen LogP contribution in [-0.2, 0) is 19.9 Å². The van der Waals surface area contributed by atoms with Crippen LogP contribution in [0.25, 0.3) is 10.9 Å². The third-order valence-electron chi connectivity index (χ3n) is 3.85. The molecule has 0 radical (unpaired) electrons. The van der Waals surface area contributed by atoms with Crippen molar-refractivity contribution in [1.29, 1.82) is 0 Å². The normalized spacial score (nSPS) is 18.4. The molecule has 0 saturated heterocycles. The number of Topliss-reactive ketones (excluding diaryl/α,β-unsaturated/α-hetero) is 1. The molecule has 0 fully saturated rings. The van der Waals surface area contributed by atoms with Gasteiger partial charge in [0, 0.05) is 23.9 Å². The number of aromatic nitrogens is 1. The van der Waals surface area contributed by atoms with Gasteiger partial charge in [0.25, 0.3) is 11.5 Å². The van der Waals surface area contributed by atoms with Crippen LogP contribution in [0.15, 0.2) is 47.6 Å². The summed E-state index contributed by atoms with van der Waals surface area (Å²) in [7, 11) is 0. The molecule has 2 heterocycles. The number of benzene rings is 1. The molecule has 25 heavy (non-hydrogen) atoms. The second-order valence-corrected chi connectivity index (χ2v) is 5.24. The molecule has 2 aromatic rings. The molecule has 1 aromatic carbocycles. The number of fused-ring (bicyclic) bond motifs is 1. The van der Waals surface area contributed by atoms with Gasteiger partial charge >= 0.3 is 5.97 Å². The monoisotopic (exact) mass is 339 g/mol. The number of nitro benzene ring substituents is 1. The van der Waals surface area contributed by atoms with E-state index in [4.69, 9.17) is 4.74 Å². The van der Waals surface area contributed by atoms with E-state index in [0.717, 1.165) is 0 Å². The second kappa shape index (κ2) is 6.23. The van der Waals surface area contributed by atoms with Crippen molar-refractivity contribution in [2.75, 3.05) is 6.61 Å². The molecule has 0 N–H and O–H groups in total.